The van der Waals surface area contributed by atoms with Crippen molar-refractivity contribution in [3.8, 4) is 11.5 Å². The predicted molar refractivity (Wildman–Crippen MR) is 58.4 cm³/mol. The highest BCUT2D eigenvalue weighted by atomic mass is 19.4. The van der Waals surface area contributed by atoms with Gasteiger partial charge in [0.2, 0.25) is 0 Å². The van der Waals surface area contributed by atoms with Crippen LogP contribution in [-0.2, 0) is 4.74 Å². The van der Waals surface area contributed by atoms with Crippen molar-refractivity contribution in [1.29, 1.82) is 0 Å². The average molecular weight is 315 g/mol. The molecular weight excluding hydrogens is 305 g/mol. The maximum atomic E-state index is 13.0. The molecule has 10 heteroatoms. The number of rotatable bonds is 5. The lowest BCUT2D eigenvalue weighted by atomic mass is 10.1. The summed E-state index contributed by atoms with van der Waals surface area (Å²) in [5, 5.41) is 0. The number of pyridine rings is 1. The molecule has 0 saturated carbocycles. The van der Waals surface area contributed by atoms with Gasteiger partial charge in [-0.3, -0.25) is 0 Å². The average Bonchev–Trinajstić information content (AvgIpc) is 2.36. The monoisotopic (exact) mass is 315 g/mol. The number of aromatic nitrogens is 1. The summed E-state index contributed by atoms with van der Waals surface area (Å²) in [6.07, 6.45) is -7.98. The number of ether oxygens (including phenoxy) is 3. The molecule has 21 heavy (non-hydrogen) atoms. The van der Waals surface area contributed by atoms with Crippen LogP contribution in [0.1, 0.15) is 29.4 Å². The molecule has 0 aromatic carbocycles. The highest BCUT2D eigenvalue weighted by Crippen LogP contribution is 2.40. The van der Waals surface area contributed by atoms with Crippen LogP contribution in [0, 0.1) is 0 Å². The normalized spacial score (nSPS) is 11.4. The van der Waals surface area contributed by atoms with Crippen molar-refractivity contribution in [2.45, 2.75) is 19.7 Å². The van der Waals surface area contributed by atoms with Crippen molar-refractivity contribution in [1.82, 2.24) is 4.98 Å². The van der Waals surface area contributed by atoms with Crippen molar-refractivity contribution < 1.29 is 41.0 Å². The number of nitrogens with zero attached hydrogens (tertiary/aromatic N) is 1. The molecule has 0 unspecified atom stereocenters. The van der Waals surface area contributed by atoms with Crippen molar-refractivity contribution in [3.05, 3.63) is 17.5 Å². The zero-order valence-corrected chi connectivity index (χ0v) is 10.8. The summed E-state index contributed by atoms with van der Waals surface area (Å²) >= 11 is 0. The molecule has 0 spiro atoms. The Morgan fingerprint density at radius 2 is 2.00 bits per heavy atom. The largest absolute Gasteiger partial charge is 0.573 e. The minimum atomic E-state index is -5.13. The van der Waals surface area contributed by atoms with Gasteiger partial charge in [-0.1, -0.05) is 0 Å². The number of alkyl halides is 5. The SMILES string of the molecule is CCOC(=O)c1ncc(OC(F)(F)F)c(OC)c1C(F)F. The molecule has 0 aliphatic carbocycles. The number of carbonyl (C=O) groups is 1. The summed E-state index contributed by atoms with van der Waals surface area (Å²) in [6.45, 7) is 1.31. The molecule has 1 aromatic rings. The van der Waals surface area contributed by atoms with Crippen LogP contribution in [0.2, 0.25) is 0 Å². The van der Waals surface area contributed by atoms with E-state index in [-0.39, 0.29) is 6.61 Å². The molecular formula is C11H10F5NO4. The minimum absolute atomic E-state index is 0.119. The number of hydrogen-bond acceptors (Lipinski definition) is 5. The maximum absolute atomic E-state index is 13.0. The van der Waals surface area contributed by atoms with Gasteiger partial charge in [0.05, 0.1) is 25.5 Å². The molecule has 0 bridgehead atoms. The van der Waals surface area contributed by atoms with Gasteiger partial charge in [-0.25, -0.2) is 18.6 Å². The second-order valence-corrected chi connectivity index (χ2v) is 3.49. The fraction of sp³-hybridized carbons (Fsp3) is 0.455. The number of hydrogen-bond donors (Lipinski definition) is 0. The smallest absolute Gasteiger partial charge is 0.492 e. The van der Waals surface area contributed by atoms with Crippen LogP contribution in [0.25, 0.3) is 0 Å². The highest BCUT2D eigenvalue weighted by molar-refractivity contribution is 5.90. The molecule has 118 valence electrons. The molecule has 0 saturated heterocycles. The van der Waals surface area contributed by atoms with E-state index in [0.717, 1.165) is 7.11 Å². The molecule has 0 amide bonds. The summed E-state index contributed by atoms with van der Waals surface area (Å²) in [6, 6.07) is 0. The third kappa shape index (κ3) is 4.17. The first kappa shape index (κ1) is 16.9. The molecule has 0 aliphatic heterocycles. The first-order valence-corrected chi connectivity index (χ1v) is 5.49. The van der Waals surface area contributed by atoms with Crippen molar-refractivity contribution in [2.75, 3.05) is 13.7 Å². The standard InChI is InChI=1S/C11H10F5NO4/c1-3-20-10(18)7-6(9(12)13)8(19-2)5(4-17-7)21-11(14,15)16/h4,9H,3H2,1-2H3. The molecule has 1 aromatic heterocycles. The highest BCUT2D eigenvalue weighted by Gasteiger charge is 2.36. The van der Waals surface area contributed by atoms with E-state index in [1.165, 1.54) is 6.92 Å². The Morgan fingerprint density at radius 3 is 2.43 bits per heavy atom. The molecule has 0 radical (unpaired) electrons. The van der Waals surface area contributed by atoms with Gasteiger partial charge in [0.15, 0.2) is 17.2 Å². The van der Waals surface area contributed by atoms with Gasteiger partial charge < -0.3 is 14.2 Å². The van der Waals surface area contributed by atoms with Crippen LogP contribution < -0.4 is 9.47 Å². The topological polar surface area (TPSA) is 57.7 Å². The minimum Gasteiger partial charge on any atom is -0.492 e. The molecule has 0 fully saturated rings. The maximum Gasteiger partial charge on any atom is 0.573 e. The van der Waals surface area contributed by atoms with Gasteiger partial charge in [-0.05, 0) is 6.92 Å². The summed E-state index contributed by atoms with van der Waals surface area (Å²) in [5.41, 5.74) is -1.96. The van der Waals surface area contributed by atoms with Crippen LogP contribution in [0.4, 0.5) is 22.0 Å². The Labute approximate surface area is 115 Å². The van der Waals surface area contributed by atoms with E-state index in [9.17, 15) is 26.7 Å². The lowest BCUT2D eigenvalue weighted by Gasteiger charge is -2.16. The molecule has 0 atom stereocenters. The van der Waals surface area contributed by atoms with Crippen LogP contribution >= 0.6 is 0 Å². The van der Waals surface area contributed by atoms with Gasteiger partial charge in [0.25, 0.3) is 6.43 Å². The number of esters is 1. The third-order valence-corrected chi connectivity index (χ3v) is 2.15. The number of methoxy groups -OCH3 is 1. The van der Waals surface area contributed by atoms with Gasteiger partial charge in [0, 0.05) is 0 Å². The van der Waals surface area contributed by atoms with Crippen molar-refractivity contribution in [3.63, 3.8) is 0 Å². The fourth-order valence-electron chi connectivity index (χ4n) is 1.46. The predicted octanol–water partition coefficient (Wildman–Crippen LogP) is 3.10. The molecule has 1 heterocycles. The molecule has 5 nitrogen and oxygen atoms in total. The second kappa shape index (κ2) is 6.55. The van der Waals surface area contributed by atoms with Crippen LogP contribution in [-0.4, -0.2) is 31.0 Å². The third-order valence-electron chi connectivity index (χ3n) is 2.15. The summed E-state index contributed by atoms with van der Waals surface area (Å²) < 4.78 is 75.1. The Hall–Kier alpha value is -2.13. The first-order chi connectivity index (χ1) is 9.71. The Kier molecular flexibility index (Phi) is 5.28. The van der Waals surface area contributed by atoms with E-state index in [0.29, 0.717) is 6.20 Å². The zero-order valence-electron chi connectivity index (χ0n) is 10.8. The van der Waals surface area contributed by atoms with Crippen molar-refractivity contribution in [2.24, 2.45) is 0 Å². The fourth-order valence-corrected chi connectivity index (χ4v) is 1.46. The van der Waals surface area contributed by atoms with Crippen LogP contribution in [0.15, 0.2) is 6.20 Å². The quantitative estimate of drug-likeness (QED) is 0.617. The molecule has 1 rings (SSSR count). The van der Waals surface area contributed by atoms with Gasteiger partial charge in [-0.15, -0.1) is 13.2 Å². The Morgan fingerprint density at radius 1 is 1.38 bits per heavy atom. The van der Waals surface area contributed by atoms with Gasteiger partial charge in [-0.2, -0.15) is 0 Å². The summed E-state index contributed by atoms with van der Waals surface area (Å²) in [5.74, 6) is -3.21. The van der Waals surface area contributed by atoms with E-state index < -0.39 is 41.5 Å². The van der Waals surface area contributed by atoms with Crippen molar-refractivity contribution >= 4 is 5.97 Å². The van der Waals surface area contributed by atoms with E-state index in [2.05, 4.69) is 19.2 Å². The summed E-state index contributed by atoms with van der Waals surface area (Å²) in [7, 11) is 0.860. The van der Waals surface area contributed by atoms with E-state index >= 15 is 0 Å². The number of carbonyl (C=O) groups excluding carboxylic acids is 1. The second-order valence-electron chi connectivity index (χ2n) is 3.49. The van der Waals surface area contributed by atoms with Crippen LogP contribution in [0.3, 0.4) is 0 Å². The lowest BCUT2D eigenvalue weighted by Crippen LogP contribution is -2.19. The number of halogens is 5. The Bertz CT molecular complexity index is 518. The van der Waals surface area contributed by atoms with E-state index in [4.69, 9.17) is 0 Å². The van der Waals surface area contributed by atoms with Gasteiger partial charge in [0.1, 0.15) is 0 Å². The van der Waals surface area contributed by atoms with Gasteiger partial charge >= 0.3 is 12.3 Å². The molecule has 0 aliphatic rings. The summed E-state index contributed by atoms with van der Waals surface area (Å²) in [4.78, 5) is 14.7. The first-order valence-electron chi connectivity index (χ1n) is 5.49. The van der Waals surface area contributed by atoms with E-state index in [1.54, 1.807) is 0 Å². The molecule has 0 N–H and O–H groups in total. The lowest BCUT2D eigenvalue weighted by molar-refractivity contribution is -0.275. The zero-order chi connectivity index (χ0) is 16.2. The van der Waals surface area contributed by atoms with Crippen LogP contribution in [0.5, 0.6) is 11.5 Å². The van der Waals surface area contributed by atoms with E-state index in [1.807, 2.05) is 0 Å². The Balaban J connectivity index is 3.41.